The van der Waals surface area contributed by atoms with E-state index in [0.717, 1.165) is 30.7 Å². The topological polar surface area (TPSA) is 90.5 Å². The predicted molar refractivity (Wildman–Crippen MR) is 117 cm³/mol. The highest BCUT2D eigenvalue weighted by atomic mass is 32.2. The average Bonchev–Trinajstić information content (AvgIpc) is 3.52. The van der Waals surface area contributed by atoms with Crippen molar-refractivity contribution in [2.45, 2.75) is 30.6 Å². The van der Waals surface area contributed by atoms with Crippen molar-refractivity contribution in [2.75, 3.05) is 17.7 Å². The van der Waals surface area contributed by atoms with Gasteiger partial charge in [-0.2, -0.15) is 0 Å². The van der Waals surface area contributed by atoms with E-state index in [0.29, 0.717) is 40.4 Å². The minimum absolute atomic E-state index is 0.0573. The molecule has 0 radical (unpaired) electrons. The van der Waals surface area contributed by atoms with Crippen LogP contribution in [-0.4, -0.2) is 43.5 Å². The lowest BCUT2D eigenvalue weighted by Gasteiger charge is -2.13. The van der Waals surface area contributed by atoms with E-state index in [9.17, 15) is 18.4 Å². The fraction of sp³-hybridized carbons (Fsp3) is 0.300. The van der Waals surface area contributed by atoms with E-state index in [1.54, 1.807) is 8.97 Å². The van der Waals surface area contributed by atoms with E-state index in [4.69, 9.17) is 4.74 Å². The summed E-state index contributed by atoms with van der Waals surface area (Å²) in [4.78, 5) is 25.4. The Labute approximate surface area is 188 Å². The third-order valence-corrected chi connectivity index (χ3v) is 6.95. The molecular formula is C20H17F2N5O3S2. The van der Waals surface area contributed by atoms with Gasteiger partial charge in [-0.05, 0) is 36.4 Å². The summed E-state index contributed by atoms with van der Waals surface area (Å²) in [7, 11) is 0. The zero-order valence-corrected chi connectivity index (χ0v) is 18.2. The number of carbonyl (C=O) groups excluding carboxylic acids is 1. The number of nitrogens with zero attached hydrogens (tertiary/aromatic N) is 4. The van der Waals surface area contributed by atoms with Crippen LogP contribution in [0.4, 0.5) is 14.5 Å². The number of fused-ring (bicyclic) bond motifs is 3. The summed E-state index contributed by atoms with van der Waals surface area (Å²) < 4.78 is 36.4. The minimum atomic E-state index is -0.852. The highest BCUT2D eigenvalue weighted by Crippen LogP contribution is 2.25. The van der Waals surface area contributed by atoms with Gasteiger partial charge in [-0.1, -0.05) is 11.8 Å². The lowest BCUT2D eigenvalue weighted by Crippen LogP contribution is -2.28. The van der Waals surface area contributed by atoms with E-state index in [2.05, 4.69) is 15.5 Å². The fourth-order valence-corrected chi connectivity index (χ4v) is 5.22. The highest BCUT2D eigenvalue weighted by Gasteiger charge is 2.23. The van der Waals surface area contributed by atoms with Crippen LogP contribution < -0.4 is 10.9 Å². The molecule has 4 aromatic rings. The molecule has 0 bridgehead atoms. The summed E-state index contributed by atoms with van der Waals surface area (Å²) in [6, 6.07) is 4.75. The predicted octanol–water partition coefficient (Wildman–Crippen LogP) is 3.29. The summed E-state index contributed by atoms with van der Waals surface area (Å²) in [5.41, 5.74) is 0.413. The number of ether oxygens (including phenoxy) is 1. The van der Waals surface area contributed by atoms with Gasteiger partial charge >= 0.3 is 0 Å². The van der Waals surface area contributed by atoms with E-state index < -0.39 is 17.5 Å². The van der Waals surface area contributed by atoms with Crippen LogP contribution in [-0.2, 0) is 16.1 Å². The number of halogens is 2. The van der Waals surface area contributed by atoms with Crippen LogP contribution in [0.25, 0.3) is 16.0 Å². The average molecular weight is 478 g/mol. The molecule has 1 aromatic carbocycles. The van der Waals surface area contributed by atoms with Gasteiger partial charge in [0, 0.05) is 12.7 Å². The second-order valence-electron chi connectivity index (χ2n) is 7.26. The summed E-state index contributed by atoms with van der Waals surface area (Å²) in [5, 5.41) is 13.1. The van der Waals surface area contributed by atoms with Crippen molar-refractivity contribution < 1.29 is 18.3 Å². The standard InChI is InChI=1S/C20H17F2N5O3S2/c21-11-3-4-14(13(22)8-11)23-16(28)10-32-20-25-24-19-26(9-12-2-1-6-30-12)18(29)17-15(27(19)20)5-7-31-17/h3-5,7-8,12H,1-2,6,9-10H2,(H,23,28)/t12-/m1/s1. The Kier molecular flexibility index (Phi) is 5.66. The number of hydrogen-bond donors (Lipinski definition) is 1. The number of thiophene rings is 1. The molecule has 0 saturated carbocycles. The number of carbonyl (C=O) groups is 1. The number of rotatable bonds is 6. The first kappa shape index (κ1) is 21.0. The third-order valence-electron chi connectivity index (χ3n) is 5.13. The lowest BCUT2D eigenvalue weighted by atomic mass is 10.2. The molecule has 5 rings (SSSR count). The van der Waals surface area contributed by atoms with Gasteiger partial charge in [0.1, 0.15) is 16.3 Å². The van der Waals surface area contributed by atoms with E-state index >= 15 is 0 Å². The second kappa shape index (κ2) is 8.60. The zero-order valence-electron chi connectivity index (χ0n) is 16.6. The fourth-order valence-electron chi connectivity index (χ4n) is 3.66. The number of nitrogens with one attached hydrogen (secondary N) is 1. The maximum Gasteiger partial charge on any atom is 0.272 e. The van der Waals surface area contributed by atoms with Crippen LogP contribution >= 0.6 is 23.1 Å². The van der Waals surface area contributed by atoms with E-state index in [-0.39, 0.29) is 23.1 Å². The number of amides is 1. The lowest BCUT2D eigenvalue weighted by molar-refractivity contribution is -0.113. The van der Waals surface area contributed by atoms with E-state index in [1.165, 1.54) is 17.4 Å². The Bertz CT molecular complexity index is 1380. The van der Waals surface area contributed by atoms with Gasteiger partial charge < -0.3 is 10.1 Å². The van der Waals surface area contributed by atoms with E-state index in [1.807, 2.05) is 11.4 Å². The Balaban J connectivity index is 1.42. The Morgan fingerprint density at radius 1 is 1.31 bits per heavy atom. The van der Waals surface area contributed by atoms with Crippen molar-refractivity contribution in [3.05, 3.63) is 51.6 Å². The van der Waals surface area contributed by atoms with Gasteiger partial charge in [-0.3, -0.25) is 18.6 Å². The molecular weight excluding hydrogens is 460 g/mol. The molecule has 4 heterocycles. The smallest absolute Gasteiger partial charge is 0.272 e. The number of aromatic nitrogens is 4. The van der Waals surface area contributed by atoms with Crippen molar-refractivity contribution in [1.82, 2.24) is 19.2 Å². The van der Waals surface area contributed by atoms with Crippen LogP contribution in [0.3, 0.4) is 0 Å². The summed E-state index contributed by atoms with van der Waals surface area (Å²) >= 11 is 2.44. The van der Waals surface area contributed by atoms with Crippen LogP contribution in [0.5, 0.6) is 0 Å². The summed E-state index contributed by atoms with van der Waals surface area (Å²) in [6.45, 7) is 1.05. The minimum Gasteiger partial charge on any atom is -0.376 e. The number of benzene rings is 1. The van der Waals surface area contributed by atoms with Gasteiger partial charge in [-0.25, -0.2) is 8.78 Å². The van der Waals surface area contributed by atoms with Crippen molar-refractivity contribution in [3.8, 4) is 0 Å². The largest absolute Gasteiger partial charge is 0.376 e. The molecule has 1 fully saturated rings. The van der Waals surface area contributed by atoms with Crippen LogP contribution in [0, 0.1) is 11.6 Å². The molecule has 1 aliphatic heterocycles. The molecule has 12 heteroatoms. The monoisotopic (exact) mass is 477 g/mol. The summed E-state index contributed by atoms with van der Waals surface area (Å²) in [6.07, 6.45) is 1.77. The van der Waals surface area contributed by atoms with Gasteiger partial charge in [-0.15, -0.1) is 21.5 Å². The normalized spacial score (nSPS) is 16.2. The first-order chi connectivity index (χ1) is 15.5. The molecule has 32 heavy (non-hydrogen) atoms. The summed E-state index contributed by atoms with van der Waals surface area (Å²) in [5.74, 6) is -1.75. The molecule has 1 amide bonds. The van der Waals surface area contributed by atoms with Gasteiger partial charge in [0.25, 0.3) is 5.56 Å². The van der Waals surface area contributed by atoms with Crippen molar-refractivity contribution in [1.29, 1.82) is 0 Å². The molecule has 0 unspecified atom stereocenters. The quantitative estimate of drug-likeness (QED) is 0.429. The maximum absolute atomic E-state index is 13.8. The molecule has 166 valence electrons. The van der Waals surface area contributed by atoms with Gasteiger partial charge in [0.05, 0.1) is 29.6 Å². The van der Waals surface area contributed by atoms with Crippen molar-refractivity contribution in [3.63, 3.8) is 0 Å². The Hall–Kier alpha value is -2.83. The number of hydrogen-bond acceptors (Lipinski definition) is 7. The number of thioether (sulfide) groups is 1. The van der Waals surface area contributed by atoms with Gasteiger partial charge in [0.15, 0.2) is 5.16 Å². The molecule has 1 N–H and O–H groups in total. The molecule has 3 aromatic heterocycles. The highest BCUT2D eigenvalue weighted by molar-refractivity contribution is 7.99. The molecule has 1 atom stereocenters. The zero-order chi connectivity index (χ0) is 22.2. The van der Waals surface area contributed by atoms with Gasteiger partial charge in [0.2, 0.25) is 11.7 Å². The SMILES string of the molecule is O=C(CSc1nnc2n(C[C@H]3CCCO3)c(=O)c3sccc3n12)Nc1ccc(F)cc1F. The van der Waals surface area contributed by atoms with Crippen LogP contribution in [0.1, 0.15) is 12.8 Å². The Morgan fingerprint density at radius 3 is 2.97 bits per heavy atom. The van der Waals surface area contributed by atoms with Crippen molar-refractivity contribution >= 4 is 50.7 Å². The first-order valence-corrected chi connectivity index (χ1v) is 11.7. The van der Waals surface area contributed by atoms with Crippen LogP contribution in [0.2, 0.25) is 0 Å². The van der Waals surface area contributed by atoms with Crippen LogP contribution in [0.15, 0.2) is 39.6 Å². The Morgan fingerprint density at radius 2 is 2.19 bits per heavy atom. The number of anilines is 1. The third kappa shape index (κ3) is 3.89. The van der Waals surface area contributed by atoms with Crippen molar-refractivity contribution in [2.24, 2.45) is 0 Å². The maximum atomic E-state index is 13.8. The molecule has 8 nitrogen and oxygen atoms in total. The molecule has 1 aliphatic rings. The first-order valence-electron chi connectivity index (χ1n) is 9.85. The molecule has 0 spiro atoms. The molecule has 1 saturated heterocycles. The second-order valence-corrected chi connectivity index (χ2v) is 9.12. The molecule has 0 aliphatic carbocycles.